The predicted molar refractivity (Wildman–Crippen MR) is 97.9 cm³/mol. The summed E-state index contributed by atoms with van der Waals surface area (Å²) in [5.74, 6) is -1.38. The number of rotatable bonds is 3. The van der Waals surface area contributed by atoms with E-state index in [2.05, 4.69) is 20.4 Å². The van der Waals surface area contributed by atoms with Crippen LogP contribution in [0, 0.1) is 0 Å². The first kappa shape index (κ1) is 16.0. The molecule has 0 aliphatic heterocycles. The number of hydrogen-bond acceptors (Lipinski definition) is 5. The summed E-state index contributed by atoms with van der Waals surface area (Å²) in [6, 6.07) is 13.6. The third-order valence-electron chi connectivity index (χ3n) is 3.98. The van der Waals surface area contributed by atoms with Crippen molar-refractivity contribution >= 4 is 50.8 Å². The summed E-state index contributed by atoms with van der Waals surface area (Å²) < 4.78 is 0. The summed E-state index contributed by atoms with van der Waals surface area (Å²) in [6.07, 6.45) is 0. The van der Waals surface area contributed by atoms with Crippen molar-refractivity contribution in [2.45, 2.75) is 0 Å². The maximum atomic E-state index is 11.4. The van der Waals surface area contributed by atoms with Gasteiger partial charge in [0, 0.05) is 15.8 Å². The molecular formula is C18H11ClN4O3. The van der Waals surface area contributed by atoms with E-state index in [1.807, 2.05) is 0 Å². The SMILES string of the molecule is O=C(O)c1cc2ccccc2c(N=Nc2n[nH]c3cc(Cl)ccc23)c1O. The first-order valence-electron chi connectivity index (χ1n) is 7.58. The van der Waals surface area contributed by atoms with Gasteiger partial charge in [-0.1, -0.05) is 35.9 Å². The Morgan fingerprint density at radius 2 is 1.88 bits per heavy atom. The number of halogens is 1. The summed E-state index contributed by atoms with van der Waals surface area (Å²) in [5.41, 5.74) is 0.529. The lowest BCUT2D eigenvalue weighted by atomic mass is 10.0. The van der Waals surface area contributed by atoms with Crippen LogP contribution in [0.5, 0.6) is 5.75 Å². The van der Waals surface area contributed by atoms with E-state index in [0.717, 1.165) is 0 Å². The van der Waals surface area contributed by atoms with Gasteiger partial charge in [-0.05, 0) is 29.7 Å². The van der Waals surface area contributed by atoms with Gasteiger partial charge >= 0.3 is 5.97 Å². The van der Waals surface area contributed by atoms with Crippen LogP contribution >= 0.6 is 11.6 Å². The lowest BCUT2D eigenvalue weighted by Gasteiger charge is -2.07. The molecule has 0 spiro atoms. The van der Waals surface area contributed by atoms with Gasteiger partial charge in [-0.3, -0.25) is 5.10 Å². The highest BCUT2D eigenvalue weighted by molar-refractivity contribution is 6.31. The molecule has 3 N–H and O–H groups in total. The van der Waals surface area contributed by atoms with Crippen molar-refractivity contribution < 1.29 is 15.0 Å². The lowest BCUT2D eigenvalue weighted by Crippen LogP contribution is -1.97. The molecular weight excluding hydrogens is 356 g/mol. The standard InChI is InChI=1S/C18H11ClN4O3/c19-10-5-6-12-14(8-10)20-22-17(12)23-21-15-11-4-2-1-3-9(11)7-13(16(15)24)18(25)26/h1-8,24H,(H,20,22)(H,25,26). The fourth-order valence-electron chi connectivity index (χ4n) is 2.73. The van der Waals surface area contributed by atoms with Crippen molar-refractivity contribution in [2.24, 2.45) is 10.2 Å². The van der Waals surface area contributed by atoms with Gasteiger partial charge in [-0.15, -0.1) is 10.2 Å². The Labute approximate surface area is 151 Å². The second-order valence-corrected chi connectivity index (χ2v) is 6.02. The zero-order valence-corrected chi connectivity index (χ0v) is 13.9. The van der Waals surface area contributed by atoms with Crippen LogP contribution in [0.1, 0.15) is 10.4 Å². The van der Waals surface area contributed by atoms with Crippen molar-refractivity contribution in [1.29, 1.82) is 0 Å². The summed E-state index contributed by atoms with van der Waals surface area (Å²) in [6.45, 7) is 0. The zero-order valence-electron chi connectivity index (χ0n) is 13.1. The molecule has 0 radical (unpaired) electrons. The average Bonchev–Trinajstić information content (AvgIpc) is 3.02. The average molecular weight is 367 g/mol. The molecule has 0 aliphatic rings. The number of nitrogens with zero attached hydrogens (tertiary/aromatic N) is 3. The van der Waals surface area contributed by atoms with Gasteiger partial charge in [0.15, 0.2) is 5.75 Å². The number of aromatic carboxylic acids is 1. The van der Waals surface area contributed by atoms with E-state index in [0.29, 0.717) is 32.5 Å². The molecule has 7 nitrogen and oxygen atoms in total. The van der Waals surface area contributed by atoms with E-state index in [-0.39, 0.29) is 11.3 Å². The molecule has 4 aromatic rings. The van der Waals surface area contributed by atoms with Crippen LogP contribution < -0.4 is 0 Å². The van der Waals surface area contributed by atoms with E-state index < -0.39 is 11.7 Å². The Bertz CT molecular complexity index is 1200. The van der Waals surface area contributed by atoms with Crippen molar-refractivity contribution in [3.05, 3.63) is 59.1 Å². The number of fused-ring (bicyclic) bond motifs is 2. The van der Waals surface area contributed by atoms with Gasteiger partial charge < -0.3 is 10.2 Å². The number of carbonyl (C=O) groups is 1. The smallest absolute Gasteiger partial charge is 0.339 e. The molecule has 0 bridgehead atoms. The minimum Gasteiger partial charge on any atom is -0.505 e. The second-order valence-electron chi connectivity index (χ2n) is 5.58. The van der Waals surface area contributed by atoms with Crippen molar-refractivity contribution in [2.75, 3.05) is 0 Å². The van der Waals surface area contributed by atoms with E-state index in [4.69, 9.17) is 11.6 Å². The fourth-order valence-corrected chi connectivity index (χ4v) is 2.90. The summed E-state index contributed by atoms with van der Waals surface area (Å²) in [5, 5.41) is 37.2. The highest BCUT2D eigenvalue weighted by Gasteiger charge is 2.17. The molecule has 128 valence electrons. The largest absolute Gasteiger partial charge is 0.505 e. The number of aromatic nitrogens is 2. The monoisotopic (exact) mass is 366 g/mol. The molecule has 0 atom stereocenters. The number of hydrogen-bond donors (Lipinski definition) is 3. The molecule has 8 heteroatoms. The fraction of sp³-hybridized carbons (Fsp3) is 0. The topological polar surface area (TPSA) is 111 Å². The molecule has 4 rings (SSSR count). The Morgan fingerprint density at radius 3 is 2.69 bits per heavy atom. The summed E-state index contributed by atoms with van der Waals surface area (Å²) in [4.78, 5) is 11.4. The maximum absolute atomic E-state index is 11.4. The maximum Gasteiger partial charge on any atom is 0.339 e. The number of azo groups is 1. The quantitative estimate of drug-likeness (QED) is 0.433. The van der Waals surface area contributed by atoms with Crippen LogP contribution in [-0.2, 0) is 0 Å². The normalized spacial score (nSPS) is 11.6. The molecule has 1 aromatic heterocycles. The Balaban J connectivity index is 1.89. The van der Waals surface area contributed by atoms with E-state index in [9.17, 15) is 15.0 Å². The highest BCUT2D eigenvalue weighted by atomic mass is 35.5. The van der Waals surface area contributed by atoms with Crippen LogP contribution in [0.2, 0.25) is 5.02 Å². The number of carboxylic acids is 1. The Hall–Kier alpha value is -3.45. The van der Waals surface area contributed by atoms with Crippen LogP contribution in [0.25, 0.3) is 21.7 Å². The van der Waals surface area contributed by atoms with Crippen LogP contribution in [0.3, 0.4) is 0 Å². The minimum absolute atomic E-state index is 0.0746. The minimum atomic E-state index is -1.25. The molecule has 0 fully saturated rings. The van der Waals surface area contributed by atoms with E-state index in [1.165, 1.54) is 6.07 Å². The van der Waals surface area contributed by atoms with Gasteiger partial charge in [0.25, 0.3) is 0 Å². The molecule has 26 heavy (non-hydrogen) atoms. The first-order valence-corrected chi connectivity index (χ1v) is 7.96. The second kappa shape index (κ2) is 6.12. The molecule has 3 aromatic carbocycles. The van der Waals surface area contributed by atoms with Gasteiger partial charge in [0.1, 0.15) is 11.3 Å². The Morgan fingerprint density at radius 1 is 1.08 bits per heavy atom. The van der Waals surface area contributed by atoms with Crippen LogP contribution in [0.4, 0.5) is 11.5 Å². The van der Waals surface area contributed by atoms with Gasteiger partial charge in [-0.2, -0.15) is 5.10 Å². The summed E-state index contributed by atoms with van der Waals surface area (Å²) in [7, 11) is 0. The zero-order chi connectivity index (χ0) is 18.3. The van der Waals surface area contributed by atoms with Crippen LogP contribution in [0.15, 0.2) is 58.8 Å². The Kier molecular flexibility index (Phi) is 3.78. The van der Waals surface area contributed by atoms with Crippen molar-refractivity contribution in [3.8, 4) is 5.75 Å². The van der Waals surface area contributed by atoms with E-state index in [1.54, 1.807) is 42.5 Å². The van der Waals surface area contributed by atoms with Crippen molar-refractivity contribution in [1.82, 2.24) is 10.2 Å². The van der Waals surface area contributed by atoms with Gasteiger partial charge in [0.05, 0.1) is 5.52 Å². The third-order valence-corrected chi connectivity index (χ3v) is 4.21. The number of carboxylic acid groups (broad SMARTS) is 1. The van der Waals surface area contributed by atoms with E-state index >= 15 is 0 Å². The predicted octanol–water partition coefficient (Wildman–Crippen LogP) is 5.19. The van der Waals surface area contributed by atoms with Gasteiger partial charge in [-0.25, -0.2) is 4.79 Å². The number of aromatic amines is 1. The van der Waals surface area contributed by atoms with Crippen LogP contribution in [-0.4, -0.2) is 26.4 Å². The number of benzene rings is 3. The number of H-pyrrole nitrogens is 1. The number of phenols is 1. The molecule has 0 unspecified atom stereocenters. The molecule has 0 saturated carbocycles. The number of aromatic hydroxyl groups is 1. The summed E-state index contributed by atoms with van der Waals surface area (Å²) >= 11 is 5.94. The molecule has 0 aliphatic carbocycles. The highest BCUT2D eigenvalue weighted by Crippen LogP contribution is 2.39. The third kappa shape index (κ3) is 2.64. The lowest BCUT2D eigenvalue weighted by molar-refractivity contribution is 0.0694. The molecule has 1 heterocycles. The number of nitrogens with one attached hydrogen (secondary N) is 1. The first-order chi connectivity index (χ1) is 12.5. The molecule has 0 amide bonds. The molecule has 0 saturated heterocycles. The van der Waals surface area contributed by atoms with Gasteiger partial charge in [0.2, 0.25) is 5.82 Å². The van der Waals surface area contributed by atoms with Crippen molar-refractivity contribution in [3.63, 3.8) is 0 Å².